The maximum Gasteiger partial charge on any atom is 0.0626 e. The number of aliphatic hydroxyl groups excluding tert-OH is 1. The summed E-state index contributed by atoms with van der Waals surface area (Å²) in [6.07, 6.45) is 6.24. The van der Waals surface area contributed by atoms with Crippen LogP contribution in [0.5, 0.6) is 0 Å². The van der Waals surface area contributed by atoms with Crippen molar-refractivity contribution in [3.05, 3.63) is 0 Å². The molecule has 100 valence electrons. The van der Waals surface area contributed by atoms with E-state index in [1.807, 2.05) is 0 Å². The molecule has 3 nitrogen and oxygen atoms in total. The fourth-order valence-corrected chi connectivity index (χ4v) is 3.37. The normalized spacial score (nSPS) is 28.2. The zero-order valence-corrected chi connectivity index (χ0v) is 11.4. The first-order valence-corrected chi connectivity index (χ1v) is 7.19. The predicted octanol–water partition coefficient (Wildman–Crippen LogP) is 1.60. The molecule has 2 aliphatic rings. The van der Waals surface area contributed by atoms with Crippen LogP contribution in [-0.2, 0) is 0 Å². The van der Waals surface area contributed by atoms with E-state index in [2.05, 4.69) is 18.7 Å². The number of rotatable bonds is 6. The Hall–Kier alpha value is -0.120. The Labute approximate surface area is 105 Å². The second kappa shape index (κ2) is 4.87. The van der Waals surface area contributed by atoms with Crippen LogP contribution >= 0.6 is 0 Å². The zero-order valence-electron chi connectivity index (χ0n) is 11.4. The average Bonchev–Trinajstić information content (AvgIpc) is 3.13. The largest absolute Gasteiger partial charge is 0.394 e. The van der Waals surface area contributed by atoms with E-state index in [1.54, 1.807) is 0 Å². The van der Waals surface area contributed by atoms with Crippen molar-refractivity contribution in [1.29, 1.82) is 0 Å². The van der Waals surface area contributed by atoms with Gasteiger partial charge in [0.1, 0.15) is 0 Å². The molecule has 1 aliphatic carbocycles. The Morgan fingerprint density at radius 3 is 2.41 bits per heavy atom. The molecule has 1 heterocycles. The first kappa shape index (κ1) is 13.3. The molecule has 1 unspecified atom stereocenters. The molecule has 0 aromatic carbocycles. The Balaban J connectivity index is 1.92. The SMILES string of the molecule is CCC1(CC)CCN(CC(N)(CO)C2CC2)C1. The first-order valence-electron chi connectivity index (χ1n) is 7.19. The number of aliphatic hydroxyl groups is 1. The van der Waals surface area contributed by atoms with E-state index in [4.69, 9.17) is 5.73 Å². The second-order valence-corrected chi connectivity index (χ2v) is 6.33. The van der Waals surface area contributed by atoms with Crippen LogP contribution in [0.3, 0.4) is 0 Å². The second-order valence-electron chi connectivity index (χ2n) is 6.33. The molecule has 0 bridgehead atoms. The lowest BCUT2D eigenvalue weighted by molar-refractivity contribution is 0.124. The van der Waals surface area contributed by atoms with E-state index in [1.165, 1.54) is 38.6 Å². The molecule has 1 saturated carbocycles. The summed E-state index contributed by atoms with van der Waals surface area (Å²) in [5, 5.41) is 9.55. The van der Waals surface area contributed by atoms with E-state index in [-0.39, 0.29) is 12.1 Å². The molecule has 3 heteroatoms. The molecule has 2 rings (SSSR count). The Bertz CT molecular complexity index is 261. The first-order chi connectivity index (χ1) is 8.07. The van der Waals surface area contributed by atoms with Crippen LogP contribution in [-0.4, -0.2) is 41.8 Å². The van der Waals surface area contributed by atoms with Gasteiger partial charge in [-0.1, -0.05) is 13.8 Å². The molecule has 0 aromatic rings. The van der Waals surface area contributed by atoms with Gasteiger partial charge < -0.3 is 15.7 Å². The average molecular weight is 240 g/mol. The molecule has 1 saturated heterocycles. The highest BCUT2D eigenvalue weighted by molar-refractivity contribution is 5.02. The summed E-state index contributed by atoms with van der Waals surface area (Å²) in [4.78, 5) is 2.49. The maximum atomic E-state index is 9.55. The summed E-state index contributed by atoms with van der Waals surface area (Å²) >= 11 is 0. The number of likely N-dealkylation sites (tertiary alicyclic amines) is 1. The molecule has 0 spiro atoms. The van der Waals surface area contributed by atoms with Crippen molar-refractivity contribution in [3.63, 3.8) is 0 Å². The molecule has 2 fully saturated rings. The van der Waals surface area contributed by atoms with Crippen LogP contribution in [0.4, 0.5) is 0 Å². The fraction of sp³-hybridized carbons (Fsp3) is 1.00. The van der Waals surface area contributed by atoms with Crippen LogP contribution in [0.15, 0.2) is 0 Å². The zero-order chi connectivity index (χ0) is 12.5. The molecule has 3 N–H and O–H groups in total. The quantitative estimate of drug-likeness (QED) is 0.741. The standard InChI is InChI=1S/C14H28N2O/c1-3-13(4-2)7-8-16(9-13)10-14(15,11-17)12-5-6-12/h12,17H,3-11,15H2,1-2H3. The summed E-state index contributed by atoms with van der Waals surface area (Å²) in [7, 11) is 0. The highest BCUT2D eigenvalue weighted by Crippen LogP contribution is 2.41. The number of nitrogens with two attached hydrogens (primary N) is 1. The van der Waals surface area contributed by atoms with Crippen LogP contribution in [0.2, 0.25) is 0 Å². The molecule has 1 aliphatic heterocycles. The van der Waals surface area contributed by atoms with Crippen molar-refractivity contribution >= 4 is 0 Å². The van der Waals surface area contributed by atoms with E-state index in [9.17, 15) is 5.11 Å². The summed E-state index contributed by atoms with van der Waals surface area (Å²) in [5.74, 6) is 0.561. The lowest BCUT2D eigenvalue weighted by atomic mass is 9.82. The molecule has 0 aromatic heterocycles. The Kier molecular flexibility index (Phi) is 3.81. The predicted molar refractivity (Wildman–Crippen MR) is 70.8 cm³/mol. The van der Waals surface area contributed by atoms with Gasteiger partial charge in [0.05, 0.1) is 12.1 Å². The van der Waals surface area contributed by atoms with Crippen molar-refractivity contribution in [2.75, 3.05) is 26.2 Å². The minimum absolute atomic E-state index is 0.138. The minimum atomic E-state index is -0.336. The minimum Gasteiger partial charge on any atom is -0.394 e. The summed E-state index contributed by atoms with van der Waals surface area (Å²) in [6, 6.07) is 0. The van der Waals surface area contributed by atoms with Crippen molar-refractivity contribution in [3.8, 4) is 0 Å². The third-order valence-corrected chi connectivity index (χ3v) is 5.22. The number of hydrogen-bond acceptors (Lipinski definition) is 3. The van der Waals surface area contributed by atoms with Gasteiger partial charge in [0.2, 0.25) is 0 Å². The molecular weight excluding hydrogens is 212 g/mol. The Morgan fingerprint density at radius 1 is 1.35 bits per heavy atom. The Morgan fingerprint density at radius 2 is 2.00 bits per heavy atom. The third-order valence-electron chi connectivity index (χ3n) is 5.22. The molecule has 1 atom stereocenters. The summed E-state index contributed by atoms with van der Waals surface area (Å²) < 4.78 is 0. The van der Waals surface area contributed by atoms with Crippen molar-refractivity contribution in [2.24, 2.45) is 17.1 Å². The van der Waals surface area contributed by atoms with Crippen molar-refractivity contribution in [1.82, 2.24) is 4.90 Å². The maximum absolute atomic E-state index is 9.55. The van der Waals surface area contributed by atoms with E-state index < -0.39 is 0 Å². The van der Waals surface area contributed by atoms with Gasteiger partial charge >= 0.3 is 0 Å². The summed E-state index contributed by atoms with van der Waals surface area (Å²) in [5.41, 5.74) is 6.54. The van der Waals surface area contributed by atoms with E-state index in [0.29, 0.717) is 11.3 Å². The van der Waals surface area contributed by atoms with Gasteiger partial charge in [-0.15, -0.1) is 0 Å². The van der Waals surface area contributed by atoms with Gasteiger partial charge in [-0.25, -0.2) is 0 Å². The van der Waals surface area contributed by atoms with Gasteiger partial charge in [-0.3, -0.25) is 0 Å². The van der Waals surface area contributed by atoms with Crippen molar-refractivity contribution < 1.29 is 5.11 Å². The van der Waals surface area contributed by atoms with Crippen LogP contribution in [0.1, 0.15) is 46.0 Å². The number of hydrogen-bond donors (Lipinski definition) is 2. The molecule has 17 heavy (non-hydrogen) atoms. The summed E-state index contributed by atoms with van der Waals surface area (Å²) in [6.45, 7) is 7.96. The molecule has 0 amide bonds. The van der Waals surface area contributed by atoms with Crippen molar-refractivity contribution in [2.45, 2.75) is 51.5 Å². The smallest absolute Gasteiger partial charge is 0.0626 e. The van der Waals surface area contributed by atoms with Crippen LogP contribution in [0.25, 0.3) is 0 Å². The lowest BCUT2D eigenvalue weighted by Gasteiger charge is -2.33. The van der Waals surface area contributed by atoms with Gasteiger partial charge in [0, 0.05) is 13.1 Å². The highest BCUT2D eigenvalue weighted by Gasteiger charge is 2.45. The number of nitrogens with zero attached hydrogens (tertiary/aromatic N) is 1. The van der Waals surface area contributed by atoms with Crippen LogP contribution in [0, 0.1) is 11.3 Å². The van der Waals surface area contributed by atoms with E-state index in [0.717, 1.165) is 13.1 Å². The van der Waals surface area contributed by atoms with Crippen LogP contribution < -0.4 is 5.73 Å². The van der Waals surface area contributed by atoms with Gasteiger partial charge in [0.15, 0.2) is 0 Å². The fourth-order valence-electron chi connectivity index (χ4n) is 3.37. The highest BCUT2D eigenvalue weighted by atomic mass is 16.3. The van der Waals surface area contributed by atoms with E-state index >= 15 is 0 Å². The monoisotopic (exact) mass is 240 g/mol. The van der Waals surface area contributed by atoms with Gasteiger partial charge in [0.25, 0.3) is 0 Å². The lowest BCUT2D eigenvalue weighted by Crippen LogP contribution is -2.54. The topological polar surface area (TPSA) is 49.5 Å². The molecular formula is C14H28N2O. The van der Waals surface area contributed by atoms with Gasteiger partial charge in [-0.2, -0.15) is 0 Å². The van der Waals surface area contributed by atoms with Gasteiger partial charge in [-0.05, 0) is 50.0 Å². The molecule has 0 radical (unpaired) electrons. The third kappa shape index (κ3) is 2.67.